The summed E-state index contributed by atoms with van der Waals surface area (Å²) in [7, 11) is 0. The molecule has 5 heteroatoms. The second-order valence-electron chi connectivity index (χ2n) is 3.58. The van der Waals surface area contributed by atoms with E-state index < -0.39 is 11.9 Å². The van der Waals surface area contributed by atoms with Crippen molar-refractivity contribution in [2.75, 3.05) is 0 Å². The van der Waals surface area contributed by atoms with E-state index in [1.165, 1.54) is 25.5 Å². The molecule has 0 amide bonds. The number of aliphatic carboxylic acids is 1. The molecule has 0 fully saturated rings. The predicted octanol–water partition coefficient (Wildman–Crippen LogP) is -1.45. The molecule has 0 unspecified atom stereocenters. The Hall–Kier alpha value is 0.316. The van der Waals surface area contributed by atoms with Crippen LogP contribution in [-0.4, -0.2) is 11.9 Å². The Morgan fingerprint density at radius 3 is 2.47 bits per heavy atom. The van der Waals surface area contributed by atoms with E-state index in [9.17, 15) is 14.7 Å². The number of unbranched alkanes of at least 4 members (excludes halogenated alkanes) is 4. The van der Waals surface area contributed by atoms with Crippen molar-refractivity contribution in [3.05, 3.63) is 12.3 Å². The van der Waals surface area contributed by atoms with Crippen molar-refractivity contribution in [2.24, 2.45) is 0 Å². The van der Waals surface area contributed by atoms with Gasteiger partial charge in [0.05, 0.1) is 12.7 Å². The van der Waals surface area contributed by atoms with Gasteiger partial charge >= 0.3 is 57.4 Å². The molecule has 0 radical (unpaired) electrons. The molecular weight excluding hydrogens is 247 g/mol. The molecule has 0 aliphatic rings. The van der Waals surface area contributed by atoms with Crippen molar-refractivity contribution < 1.29 is 70.8 Å². The molecule has 0 aromatic carbocycles. The van der Waals surface area contributed by atoms with Crippen molar-refractivity contribution in [3.63, 3.8) is 0 Å². The second-order valence-corrected chi connectivity index (χ2v) is 3.58. The summed E-state index contributed by atoms with van der Waals surface area (Å²) >= 11 is 0. The van der Waals surface area contributed by atoms with Gasteiger partial charge in [0, 0.05) is 5.97 Å². The number of ether oxygens (including phenoxy) is 1. The first-order valence-corrected chi connectivity index (χ1v) is 5.71. The molecule has 0 saturated carbocycles. The topological polar surface area (TPSA) is 66.4 Å². The van der Waals surface area contributed by atoms with Crippen LogP contribution in [0.15, 0.2) is 12.3 Å². The number of allylic oxidation sites excluding steroid dienone is 1. The molecule has 0 bridgehead atoms. The number of carbonyl (C=O) groups excluding carboxylic acids is 2. The number of hydrogen-bond acceptors (Lipinski definition) is 4. The Labute approximate surface area is 145 Å². The third-order valence-corrected chi connectivity index (χ3v) is 2.05. The van der Waals surface area contributed by atoms with E-state index in [2.05, 4.69) is 11.7 Å². The fourth-order valence-corrected chi connectivity index (χ4v) is 1.14. The number of rotatable bonds is 9. The zero-order valence-electron chi connectivity index (χ0n) is 10.7. The van der Waals surface area contributed by atoms with Gasteiger partial charge < -0.3 is 14.6 Å². The van der Waals surface area contributed by atoms with Gasteiger partial charge in [-0.05, 0) is 25.3 Å². The molecule has 0 aromatic heterocycles. The number of carbonyl (C=O) groups is 2. The molecule has 0 spiro atoms. The molecule has 17 heavy (non-hydrogen) atoms. The number of carboxylic acids is 1. The van der Waals surface area contributed by atoms with Crippen molar-refractivity contribution in [1.82, 2.24) is 0 Å². The van der Waals surface area contributed by atoms with Crippen molar-refractivity contribution in [1.29, 1.82) is 0 Å². The predicted molar refractivity (Wildman–Crippen MR) is 58.2 cm³/mol. The van der Waals surface area contributed by atoms with E-state index in [0.29, 0.717) is 0 Å². The minimum absolute atomic E-state index is 0. The number of carboxylic acid groups (broad SMARTS) is 1. The van der Waals surface area contributed by atoms with Crippen LogP contribution in [0.2, 0.25) is 0 Å². The molecule has 4 nitrogen and oxygen atoms in total. The Morgan fingerprint density at radius 1 is 1.18 bits per heavy atom. The van der Waals surface area contributed by atoms with Gasteiger partial charge in [-0.25, -0.2) is 0 Å². The average molecular weight is 266 g/mol. The van der Waals surface area contributed by atoms with Crippen LogP contribution in [0.5, 0.6) is 0 Å². The Bertz CT molecular complexity index is 239. The first-order valence-electron chi connectivity index (χ1n) is 5.71. The van der Waals surface area contributed by atoms with Crippen LogP contribution in [0.4, 0.5) is 0 Å². The van der Waals surface area contributed by atoms with Crippen molar-refractivity contribution >= 4 is 11.9 Å². The third-order valence-electron chi connectivity index (χ3n) is 2.05. The second kappa shape index (κ2) is 14.4. The SMILES string of the molecule is CCCCCCC=COC(=O)CCC(=O)[O-].[K+]. The fraction of sp³-hybridized carbons (Fsp3) is 0.667. The first-order chi connectivity index (χ1) is 7.66. The van der Waals surface area contributed by atoms with Gasteiger partial charge in [-0.1, -0.05) is 26.2 Å². The molecule has 0 rings (SSSR count). The van der Waals surface area contributed by atoms with Crippen LogP contribution in [0, 0.1) is 0 Å². The number of hydrogen-bond donors (Lipinski definition) is 0. The van der Waals surface area contributed by atoms with Gasteiger partial charge in [-0.15, -0.1) is 0 Å². The molecule has 92 valence electrons. The summed E-state index contributed by atoms with van der Waals surface area (Å²) in [6.45, 7) is 2.15. The monoisotopic (exact) mass is 266 g/mol. The Kier molecular flexibility index (Phi) is 16.6. The molecule has 0 N–H and O–H groups in total. The first kappa shape index (κ1) is 19.7. The molecule has 0 aliphatic carbocycles. The smallest absolute Gasteiger partial charge is 0.550 e. The van der Waals surface area contributed by atoms with Gasteiger partial charge in [0.25, 0.3) is 0 Å². The summed E-state index contributed by atoms with van der Waals surface area (Å²) in [6, 6.07) is 0. The zero-order chi connectivity index (χ0) is 12.2. The van der Waals surface area contributed by atoms with Gasteiger partial charge in [-0.3, -0.25) is 4.79 Å². The molecule has 0 atom stereocenters. The minimum Gasteiger partial charge on any atom is -0.550 e. The molecule has 0 aromatic rings. The van der Waals surface area contributed by atoms with Crippen LogP contribution in [0.25, 0.3) is 0 Å². The Morgan fingerprint density at radius 2 is 1.88 bits per heavy atom. The Balaban J connectivity index is 0. The standard InChI is InChI=1S/C12H20O4.K/c1-2-3-4-5-6-7-10-16-12(15)9-8-11(13)14;/h7,10H,2-6,8-9H2,1H3,(H,13,14);/q;+1/p-1. The van der Waals surface area contributed by atoms with Gasteiger partial charge in [-0.2, -0.15) is 0 Å². The molecule has 0 heterocycles. The summed E-state index contributed by atoms with van der Waals surface area (Å²) in [5.41, 5.74) is 0. The van der Waals surface area contributed by atoms with Crippen LogP contribution in [-0.2, 0) is 14.3 Å². The summed E-state index contributed by atoms with van der Waals surface area (Å²) in [6.07, 6.45) is 8.26. The summed E-state index contributed by atoms with van der Waals surface area (Å²) in [5.74, 6) is -1.77. The van der Waals surface area contributed by atoms with Gasteiger partial charge in [0.1, 0.15) is 0 Å². The molecular formula is C12H19KO4. The van der Waals surface area contributed by atoms with E-state index in [4.69, 9.17) is 0 Å². The van der Waals surface area contributed by atoms with E-state index in [-0.39, 0.29) is 64.2 Å². The fourth-order valence-electron chi connectivity index (χ4n) is 1.14. The van der Waals surface area contributed by atoms with Crippen molar-refractivity contribution in [3.8, 4) is 0 Å². The largest absolute Gasteiger partial charge is 1.00 e. The van der Waals surface area contributed by atoms with Crippen LogP contribution in [0.3, 0.4) is 0 Å². The van der Waals surface area contributed by atoms with Crippen molar-refractivity contribution in [2.45, 2.75) is 51.9 Å². The van der Waals surface area contributed by atoms with Gasteiger partial charge in [0.15, 0.2) is 0 Å². The average Bonchev–Trinajstić information content (AvgIpc) is 2.25. The normalized spacial score (nSPS) is 9.94. The summed E-state index contributed by atoms with van der Waals surface area (Å²) in [4.78, 5) is 21.0. The number of esters is 1. The molecule has 0 saturated heterocycles. The summed E-state index contributed by atoms with van der Waals surface area (Å²) in [5, 5.41) is 10.0. The van der Waals surface area contributed by atoms with E-state index >= 15 is 0 Å². The maximum Gasteiger partial charge on any atom is 1.00 e. The molecule has 0 aliphatic heterocycles. The van der Waals surface area contributed by atoms with Crippen LogP contribution >= 0.6 is 0 Å². The minimum atomic E-state index is -1.24. The maximum atomic E-state index is 10.9. The van der Waals surface area contributed by atoms with Crippen LogP contribution in [0.1, 0.15) is 51.9 Å². The van der Waals surface area contributed by atoms with E-state index in [1.54, 1.807) is 6.08 Å². The summed E-state index contributed by atoms with van der Waals surface area (Å²) < 4.78 is 4.69. The third kappa shape index (κ3) is 16.3. The van der Waals surface area contributed by atoms with E-state index in [0.717, 1.165) is 12.8 Å². The van der Waals surface area contributed by atoms with Crippen LogP contribution < -0.4 is 56.5 Å². The van der Waals surface area contributed by atoms with E-state index in [1.807, 2.05) is 0 Å². The zero-order valence-corrected chi connectivity index (χ0v) is 13.9. The maximum absolute atomic E-state index is 10.9. The van der Waals surface area contributed by atoms with Gasteiger partial charge in [0.2, 0.25) is 0 Å². The quantitative estimate of drug-likeness (QED) is 0.222.